The molecular formula is C15H14FNO3. The molecule has 0 aromatic heterocycles. The number of aromatic carboxylic acids is 1. The average Bonchev–Trinajstić information content (AvgIpc) is 2.45. The van der Waals surface area contributed by atoms with Gasteiger partial charge in [0.05, 0.1) is 18.4 Å². The number of methoxy groups -OCH3 is 1. The van der Waals surface area contributed by atoms with Gasteiger partial charge in [-0.25, -0.2) is 9.18 Å². The molecule has 0 aliphatic carbocycles. The second kappa shape index (κ2) is 5.61. The van der Waals surface area contributed by atoms with Gasteiger partial charge in [-0.2, -0.15) is 0 Å². The normalized spacial score (nSPS) is 10.2. The zero-order valence-electron chi connectivity index (χ0n) is 11.1. The number of halogens is 1. The molecule has 2 rings (SSSR count). The van der Waals surface area contributed by atoms with Gasteiger partial charge >= 0.3 is 5.97 Å². The van der Waals surface area contributed by atoms with Crippen LogP contribution < -0.4 is 9.64 Å². The van der Waals surface area contributed by atoms with Gasteiger partial charge in [-0.05, 0) is 30.3 Å². The summed E-state index contributed by atoms with van der Waals surface area (Å²) in [6.07, 6.45) is 0. The number of benzene rings is 2. The lowest BCUT2D eigenvalue weighted by Crippen LogP contribution is -2.14. The summed E-state index contributed by atoms with van der Waals surface area (Å²) in [5, 5.41) is 9.24. The van der Waals surface area contributed by atoms with Crippen LogP contribution in [-0.2, 0) is 0 Å². The lowest BCUT2D eigenvalue weighted by Gasteiger charge is -2.22. The van der Waals surface area contributed by atoms with Crippen LogP contribution in [0, 0.1) is 5.82 Å². The van der Waals surface area contributed by atoms with E-state index in [4.69, 9.17) is 4.74 Å². The van der Waals surface area contributed by atoms with Gasteiger partial charge in [0.25, 0.3) is 0 Å². The third-order valence-corrected chi connectivity index (χ3v) is 2.99. The van der Waals surface area contributed by atoms with E-state index in [1.807, 2.05) is 0 Å². The van der Waals surface area contributed by atoms with Crippen molar-refractivity contribution in [1.82, 2.24) is 0 Å². The second-order valence-electron chi connectivity index (χ2n) is 4.23. The molecule has 2 aromatic carbocycles. The van der Waals surface area contributed by atoms with E-state index >= 15 is 0 Å². The van der Waals surface area contributed by atoms with Crippen LogP contribution >= 0.6 is 0 Å². The number of hydrogen-bond acceptors (Lipinski definition) is 3. The number of carbonyl (C=O) groups is 1. The smallest absolute Gasteiger partial charge is 0.337 e. The van der Waals surface area contributed by atoms with E-state index in [0.29, 0.717) is 17.1 Å². The Bertz CT molecular complexity index is 643. The van der Waals surface area contributed by atoms with Crippen LogP contribution in [0.15, 0.2) is 42.5 Å². The number of carboxylic acid groups (broad SMARTS) is 1. The van der Waals surface area contributed by atoms with Crippen molar-refractivity contribution in [3.63, 3.8) is 0 Å². The maximum atomic E-state index is 13.3. The highest BCUT2D eigenvalue weighted by atomic mass is 19.1. The number of carboxylic acids is 1. The summed E-state index contributed by atoms with van der Waals surface area (Å²) in [6.45, 7) is 0. The molecule has 2 aromatic rings. The van der Waals surface area contributed by atoms with Crippen LogP contribution in [0.5, 0.6) is 5.75 Å². The zero-order valence-corrected chi connectivity index (χ0v) is 11.1. The monoisotopic (exact) mass is 275 g/mol. The molecule has 0 saturated carbocycles. The van der Waals surface area contributed by atoms with E-state index in [-0.39, 0.29) is 11.4 Å². The quantitative estimate of drug-likeness (QED) is 0.930. The number of rotatable bonds is 4. The highest BCUT2D eigenvalue weighted by Gasteiger charge is 2.16. The second-order valence-corrected chi connectivity index (χ2v) is 4.23. The largest absolute Gasteiger partial charge is 0.497 e. The van der Waals surface area contributed by atoms with Crippen molar-refractivity contribution in [3.8, 4) is 5.75 Å². The predicted octanol–water partition coefficient (Wildman–Crippen LogP) is 3.30. The third-order valence-electron chi connectivity index (χ3n) is 2.99. The molecule has 104 valence electrons. The van der Waals surface area contributed by atoms with Crippen molar-refractivity contribution in [3.05, 3.63) is 53.8 Å². The van der Waals surface area contributed by atoms with Crippen molar-refractivity contribution in [2.75, 3.05) is 19.1 Å². The molecule has 0 aliphatic heterocycles. The highest BCUT2D eigenvalue weighted by Crippen LogP contribution is 2.30. The summed E-state index contributed by atoms with van der Waals surface area (Å²) in [4.78, 5) is 12.9. The Morgan fingerprint density at radius 1 is 1.25 bits per heavy atom. The maximum absolute atomic E-state index is 13.3. The summed E-state index contributed by atoms with van der Waals surface area (Å²) in [5.74, 6) is -0.895. The van der Waals surface area contributed by atoms with Crippen LogP contribution in [0.2, 0.25) is 0 Å². The molecule has 0 amide bonds. The van der Waals surface area contributed by atoms with E-state index in [1.54, 1.807) is 36.2 Å². The number of hydrogen-bond donors (Lipinski definition) is 1. The molecule has 0 atom stereocenters. The molecule has 0 aliphatic rings. The van der Waals surface area contributed by atoms with Crippen LogP contribution in [0.4, 0.5) is 15.8 Å². The first-order valence-corrected chi connectivity index (χ1v) is 5.93. The SMILES string of the molecule is COc1ccc(C(=O)O)c(N(C)c2cccc(F)c2)c1. The van der Waals surface area contributed by atoms with Gasteiger partial charge in [0, 0.05) is 18.8 Å². The molecule has 0 unspecified atom stereocenters. The average molecular weight is 275 g/mol. The Morgan fingerprint density at radius 3 is 2.60 bits per heavy atom. The van der Waals surface area contributed by atoms with Crippen molar-refractivity contribution in [2.45, 2.75) is 0 Å². The molecule has 1 N–H and O–H groups in total. The van der Waals surface area contributed by atoms with Gasteiger partial charge in [0.2, 0.25) is 0 Å². The molecule has 20 heavy (non-hydrogen) atoms. The first-order valence-electron chi connectivity index (χ1n) is 5.93. The molecule has 0 bridgehead atoms. The minimum absolute atomic E-state index is 0.123. The maximum Gasteiger partial charge on any atom is 0.337 e. The minimum Gasteiger partial charge on any atom is -0.497 e. The van der Waals surface area contributed by atoms with Gasteiger partial charge in [-0.3, -0.25) is 0 Å². The van der Waals surface area contributed by atoms with Crippen LogP contribution in [0.3, 0.4) is 0 Å². The lowest BCUT2D eigenvalue weighted by molar-refractivity contribution is 0.0697. The number of ether oxygens (including phenoxy) is 1. The molecule has 0 radical (unpaired) electrons. The van der Waals surface area contributed by atoms with E-state index < -0.39 is 5.97 Å². The molecular weight excluding hydrogens is 261 g/mol. The Morgan fingerprint density at radius 2 is 2.00 bits per heavy atom. The van der Waals surface area contributed by atoms with E-state index in [9.17, 15) is 14.3 Å². The fourth-order valence-corrected chi connectivity index (χ4v) is 1.92. The highest BCUT2D eigenvalue weighted by molar-refractivity contribution is 5.96. The zero-order chi connectivity index (χ0) is 14.7. The Hall–Kier alpha value is -2.56. The lowest BCUT2D eigenvalue weighted by atomic mass is 10.1. The molecule has 4 nitrogen and oxygen atoms in total. The number of nitrogens with zero attached hydrogens (tertiary/aromatic N) is 1. The molecule has 0 saturated heterocycles. The van der Waals surface area contributed by atoms with E-state index in [0.717, 1.165) is 0 Å². The van der Waals surface area contributed by atoms with E-state index in [1.165, 1.54) is 25.3 Å². The molecule has 0 spiro atoms. The van der Waals surface area contributed by atoms with Crippen LogP contribution in [0.1, 0.15) is 10.4 Å². The van der Waals surface area contributed by atoms with Gasteiger partial charge in [0.15, 0.2) is 0 Å². The first-order chi connectivity index (χ1) is 9.52. The van der Waals surface area contributed by atoms with Crippen molar-refractivity contribution >= 4 is 17.3 Å². The Balaban J connectivity index is 2.52. The van der Waals surface area contributed by atoms with Crippen LogP contribution in [0.25, 0.3) is 0 Å². The fraction of sp³-hybridized carbons (Fsp3) is 0.133. The predicted molar refractivity (Wildman–Crippen MR) is 74.4 cm³/mol. The first kappa shape index (κ1) is 13.9. The number of anilines is 2. The summed E-state index contributed by atoms with van der Waals surface area (Å²) in [6, 6.07) is 10.6. The van der Waals surface area contributed by atoms with E-state index in [2.05, 4.69) is 0 Å². The minimum atomic E-state index is -1.05. The van der Waals surface area contributed by atoms with Gasteiger partial charge < -0.3 is 14.7 Å². The van der Waals surface area contributed by atoms with Gasteiger partial charge in [-0.15, -0.1) is 0 Å². The van der Waals surface area contributed by atoms with Gasteiger partial charge in [-0.1, -0.05) is 6.07 Å². The Kier molecular flexibility index (Phi) is 3.89. The molecule has 0 fully saturated rings. The summed E-state index contributed by atoms with van der Waals surface area (Å²) >= 11 is 0. The van der Waals surface area contributed by atoms with Crippen molar-refractivity contribution in [2.24, 2.45) is 0 Å². The van der Waals surface area contributed by atoms with Crippen molar-refractivity contribution in [1.29, 1.82) is 0 Å². The summed E-state index contributed by atoms with van der Waals surface area (Å²) in [5.41, 5.74) is 1.11. The van der Waals surface area contributed by atoms with Gasteiger partial charge in [0.1, 0.15) is 11.6 Å². The Labute approximate surface area is 116 Å². The topological polar surface area (TPSA) is 49.8 Å². The fourth-order valence-electron chi connectivity index (χ4n) is 1.92. The van der Waals surface area contributed by atoms with Crippen molar-refractivity contribution < 1.29 is 19.0 Å². The standard InChI is InChI=1S/C15H14FNO3/c1-17(11-5-3-4-10(16)8-11)14-9-12(20-2)6-7-13(14)15(18)19/h3-9H,1-2H3,(H,18,19). The molecule has 5 heteroatoms. The van der Waals surface area contributed by atoms with Crippen LogP contribution in [-0.4, -0.2) is 25.2 Å². The molecule has 0 heterocycles. The summed E-state index contributed by atoms with van der Waals surface area (Å²) in [7, 11) is 3.18. The third kappa shape index (κ3) is 2.71. The summed E-state index contributed by atoms with van der Waals surface area (Å²) < 4.78 is 18.4.